The predicted octanol–water partition coefficient (Wildman–Crippen LogP) is 2.73. The smallest absolute Gasteiger partial charge is 0.350 e. The highest BCUT2D eigenvalue weighted by Crippen LogP contribution is 2.34. The summed E-state index contributed by atoms with van der Waals surface area (Å²) in [5.41, 5.74) is -3.06. The maximum absolute atomic E-state index is 15.7. The Morgan fingerprint density at radius 3 is 2.40 bits per heavy atom. The fraction of sp³-hybridized carbons (Fsp3) is 0.250. The number of hydrogen-bond acceptors (Lipinski definition) is 8. The molecule has 1 saturated heterocycles. The third kappa shape index (κ3) is 5.14. The summed E-state index contributed by atoms with van der Waals surface area (Å²) >= 11 is 0. The molecule has 15 heteroatoms. The summed E-state index contributed by atoms with van der Waals surface area (Å²) < 4.78 is 73.4. The number of piperazine rings is 1. The molecule has 0 spiro atoms. The Morgan fingerprint density at radius 1 is 1.07 bits per heavy atom. The number of benzene rings is 1. The molecule has 0 N–H and O–H groups in total. The van der Waals surface area contributed by atoms with Gasteiger partial charge in [0.15, 0.2) is 16.5 Å². The second-order valence-corrected chi connectivity index (χ2v) is 12.1. The van der Waals surface area contributed by atoms with Gasteiger partial charge in [-0.3, -0.25) is 4.79 Å². The quantitative estimate of drug-likeness (QED) is 0.305. The highest BCUT2D eigenvalue weighted by atomic mass is 32.2. The van der Waals surface area contributed by atoms with Crippen LogP contribution in [0.4, 0.5) is 19.0 Å². The number of hydrogen-bond donors (Lipinski definition) is 0. The topological polar surface area (TPSA) is 122 Å². The maximum Gasteiger partial charge on any atom is 0.355 e. The highest BCUT2D eigenvalue weighted by Gasteiger charge is 2.32. The van der Waals surface area contributed by atoms with Crippen LogP contribution < -0.4 is 10.6 Å². The monoisotopic (exact) mass is 613 g/mol. The van der Waals surface area contributed by atoms with Crippen LogP contribution in [0.25, 0.3) is 28.0 Å². The van der Waals surface area contributed by atoms with Crippen molar-refractivity contribution in [3.63, 3.8) is 0 Å². The van der Waals surface area contributed by atoms with E-state index in [1.165, 1.54) is 38.5 Å². The first-order chi connectivity index (χ1) is 20.4. The summed E-state index contributed by atoms with van der Waals surface area (Å²) in [7, 11) is -1.67. The minimum absolute atomic E-state index is 0.00214. The van der Waals surface area contributed by atoms with E-state index in [9.17, 15) is 26.8 Å². The molecule has 0 bridgehead atoms. The zero-order valence-corrected chi connectivity index (χ0v) is 24.1. The molecule has 0 unspecified atom stereocenters. The molecule has 43 heavy (non-hydrogen) atoms. The second kappa shape index (κ2) is 11.2. The van der Waals surface area contributed by atoms with Crippen molar-refractivity contribution in [3.8, 4) is 16.9 Å². The summed E-state index contributed by atoms with van der Waals surface area (Å²) in [4.78, 5) is 41.6. The van der Waals surface area contributed by atoms with Crippen molar-refractivity contribution in [2.24, 2.45) is 0 Å². The van der Waals surface area contributed by atoms with Crippen LogP contribution in [0.2, 0.25) is 0 Å². The number of aromatic nitrogens is 4. The van der Waals surface area contributed by atoms with Crippen LogP contribution in [0.5, 0.6) is 0 Å². The Kier molecular flexibility index (Phi) is 7.79. The average molecular weight is 614 g/mol. The number of rotatable bonds is 6. The Morgan fingerprint density at radius 2 is 1.77 bits per heavy atom. The minimum atomic E-state index is -4.22. The van der Waals surface area contributed by atoms with Gasteiger partial charge in [-0.1, -0.05) is 12.6 Å². The molecule has 1 aromatic carbocycles. The van der Waals surface area contributed by atoms with E-state index in [4.69, 9.17) is 0 Å². The molecule has 1 fully saturated rings. The van der Waals surface area contributed by atoms with Crippen molar-refractivity contribution in [2.75, 3.05) is 38.6 Å². The Balaban J connectivity index is 1.84. The largest absolute Gasteiger partial charge is 0.355 e. The van der Waals surface area contributed by atoms with Crippen molar-refractivity contribution in [3.05, 3.63) is 83.2 Å². The summed E-state index contributed by atoms with van der Waals surface area (Å²) in [6.45, 7) is 5.95. The standard InChI is InChI=1S/C28H26F3N7O4S/c1-5-22(39)36-12-13-37(16(2)15-36)25-17-14-20(31)24(23-18(29)8-6-9-19(23)30)33-26(17)38(28(40)34-25)21-10-7-11-32-27(21)43(41,42)35(3)4/h5-11,14,16H,1,12-13,15H2,2-4H3/t16-/m0/s1. The molecule has 5 rings (SSSR count). The molecule has 224 valence electrons. The zero-order chi connectivity index (χ0) is 31.2. The normalized spacial score (nSPS) is 15.7. The van der Waals surface area contributed by atoms with Gasteiger partial charge in [0.1, 0.15) is 23.1 Å². The van der Waals surface area contributed by atoms with Crippen LogP contribution in [0.15, 0.2) is 65.1 Å². The van der Waals surface area contributed by atoms with Crippen molar-refractivity contribution in [1.29, 1.82) is 0 Å². The van der Waals surface area contributed by atoms with Crippen LogP contribution in [0.3, 0.4) is 0 Å². The maximum atomic E-state index is 15.7. The first-order valence-corrected chi connectivity index (χ1v) is 14.4. The number of carbonyl (C=O) groups excluding carboxylic acids is 1. The van der Waals surface area contributed by atoms with Crippen LogP contribution in [0.1, 0.15) is 6.92 Å². The summed E-state index contributed by atoms with van der Waals surface area (Å²) in [6, 6.07) is 6.20. The van der Waals surface area contributed by atoms with E-state index in [1.54, 1.807) is 16.7 Å². The SMILES string of the molecule is C=CC(=O)N1CCN(c2nc(=O)n(-c3cccnc3S(=O)(=O)N(C)C)c3nc(-c4c(F)cccc4F)c(F)cc23)[C@@H](C)C1. The van der Waals surface area contributed by atoms with Gasteiger partial charge in [-0.15, -0.1) is 0 Å². The van der Waals surface area contributed by atoms with Gasteiger partial charge in [0.2, 0.25) is 5.91 Å². The van der Waals surface area contributed by atoms with E-state index < -0.39 is 55.5 Å². The molecule has 0 radical (unpaired) electrons. The van der Waals surface area contributed by atoms with Crippen molar-refractivity contribution < 1.29 is 26.4 Å². The number of nitrogens with zero attached hydrogens (tertiary/aromatic N) is 7. The van der Waals surface area contributed by atoms with Gasteiger partial charge < -0.3 is 9.80 Å². The molecule has 4 heterocycles. The molecule has 3 aromatic heterocycles. The lowest BCUT2D eigenvalue weighted by Crippen LogP contribution is -2.54. The number of sulfonamides is 1. The Hall–Kier alpha value is -4.63. The van der Waals surface area contributed by atoms with Crippen molar-refractivity contribution in [1.82, 2.24) is 28.7 Å². The van der Waals surface area contributed by atoms with E-state index in [0.717, 1.165) is 33.1 Å². The Labute approximate surface area is 244 Å². The van der Waals surface area contributed by atoms with Gasteiger partial charge >= 0.3 is 5.69 Å². The number of halogens is 3. The molecule has 11 nitrogen and oxygen atoms in total. The van der Waals surface area contributed by atoms with Crippen LogP contribution >= 0.6 is 0 Å². The van der Waals surface area contributed by atoms with E-state index in [-0.39, 0.29) is 48.1 Å². The fourth-order valence-electron chi connectivity index (χ4n) is 4.97. The van der Waals surface area contributed by atoms with Gasteiger partial charge in [-0.05, 0) is 43.3 Å². The number of anilines is 1. The number of amides is 1. The summed E-state index contributed by atoms with van der Waals surface area (Å²) in [6.07, 6.45) is 2.40. The molecule has 0 saturated carbocycles. The van der Waals surface area contributed by atoms with Crippen LogP contribution in [-0.4, -0.2) is 82.8 Å². The molecule has 1 atom stereocenters. The predicted molar refractivity (Wildman–Crippen MR) is 153 cm³/mol. The lowest BCUT2D eigenvalue weighted by molar-refractivity contribution is -0.126. The average Bonchev–Trinajstić information content (AvgIpc) is 2.96. The van der Waals surface area contributed by atoms with E-state index >= 15 is 4.39 Å². The summed E-state index contributed by atoms with van der Waals surface area (Å²) in [5.74, 6) is -3.58. The van der Waals surface area contributed by atoms with E-state index in [2.05, 4.69) is 21.5 Å². The lowest BCUT2D eigenvalue weighted by atomic mass is 10.1. The fourth-order valence-corrected chi connectivity index (χ4v) is 5.93. The summed E-state index contributed by atoms with van der Waals surface area (Å²) in [5, 5.41) is -0.558. The van der Waals surface area contributed by atoms with E-state index in [0.29, 0.717) is 0 Å². The Bertz CT molecular complexity index is 1930. The van der Waals surface area contributed by atoms with Gasteiger partial charge in [0.25, 0.3) is 10.0 Å². The van der Waals surface area contributed by atoms with Gasteiger partial charge in [0, 0.05) is 46.0 Å². The molecule has 1 aliphatic rings. The number of carbonyl (C=O) groups is 1. The number of pyridine rings is 2. The lowest BCUT2D eigenvalue weighted by Gasteiger charge is -2.40. The second-order valence-electron chi connectivity index (χ2n) is 9.99. The van der Waals surface area contributed by atoms with Crippen molar-refractivity contribution in [2.45, 2.75) is 18.0 Å². The highest BCUT2D eigenvalue weighted by molar-refractivity contribution is 7.89. The third-order valence-corrected chi connectivity index (χ3v) is 8.87. The zero-order valence-electron chi connectivity index (χ0n) is 23.3. The number of fused-ring (bicyclic) bond motifs is 1. The van der Waals surface area contributed by atoms with Crippen molar-refractivity contribution >= 4 is 32.8 Å². The van der Waals surface area contributed by atoms with Crippen LogP contribution in [-0.2, 0) is 14.8 Å². The van der Waals surface area contributed by atoms with Gasteiger partial charge in [-0.25, -0.2) is 45.2 Å². The molecule has 4 aromatic rings. The molecular formula is C28H26F3N7O4S. The first kappa shape index (κ1) is 29.8. The molecule has 0 aliphatic carbocycles. The molecular weight excluding hydrogens is 587 g/mol. The third-order valence-electron chi connectivity index (χ3n) is 7.10. The molecule has 1 amide bonds. The van der Waals surface area contributed by atoms with Crippen LogP contribution in [0, 0.1) is 17.5 Å². The van der Waals surface area contributed by atoms with Gasteiger partial charge in [0.05, 0.1) is 16.6 Å². The molecule has 1 aliphatic heterocycles. The minimum Gasteiger partial charge on any atom is -0.350 e. The first-order valence-electron chi connectivity index (χ1n) is 13.0. The van der Waals surface area contributed by atoms with Gasteiger partial charge in [-0.2, -0.15) is 4.98 Å². The van der Waals surface area contributed by atoms with E-state index in [1.807, 2.05) is 0 Å².